The van der Waals surface area contributed by atoms with Gasteiger partial charge in [-0.05, 0) is 17.7 Å². The molecule has 92 valence electrons. The Morgan fingerprint density at radius 1 is 1.12 bits per heavy atom. The average Bonchev–Trinajstić information content (AvgIpc) is 2.35. The lowest BCUT2D eigenvalue weighted by Gasteiger charge is -1.97. The van der Waals surface area contributed by atoms with Crippen LogP contribution >= 0.6 is 0 Å². The number of nitro benzene ring substituents is 1. The molecule has 16 heavy (non-hydrogen) atoms. The van der Waals surface area contributed by atoms with Gasteiger partial charge in [0.25, 0.3) is 5.69 Å². The van der Waals surface area contributed by atoms with Crippen molar-refractivity contribution in [2.75, 3.05) is 7.11 Å². The first-order valence-corrected chi connectivity index (χ1v) is 5.46. The Morgan fingerprint density at radius 2 is 1.56 bits per heavy atom. The van der Waals surface area contributed by atoms with Gasteiger partial charge in [-0.3, -0.25) is 10.1 Å². The summed E-state index contributed by atoms with van der Waals surface area (Å²) in [4.78, 5) is 9.82. The fraction of sp³-hybridized carbons (Fsp3) is 0.500. The third kappa shape index (κ3) is 6.95. The Kier molecular flexibility index (Phi) is 12.4. The van der Waals surface area contributed by atoms with Gasteiger partial charge in [0.1, 0.15) is 0 Å². The van der Waals surface area contributed by atoms with E-state index in [1.807, 2.05) is 27.7 Å². The third-order valence-electron chi connectivity index (χ3n) is 1.46. The van der Waals surface area contributed by atoms with Crippen LogP contribution in [0.2, 0.25) is 0 Å². The molecule has 0 aliphatic carbocycles. The number of nitro groups is 1. The molecule has 0 amide bonds. The second-order valence-corrected chi connectivity index (χ2v) is 2.36. The summed E-state index contributed by atoms with van der Waals surface area (Å²) >= 11 is 0. The molecule has 4 heteroatoms. The Balaban J connectivity index is 0. The van der Waals surface area contributed by atoms with Crippen LogP contribution in [-0.4, -0.2) is 12.0 Å². The molecule has 0 aliphatic rings. The summed E-state index contributed by atoms with van der Waals surface area (Å²) in [6.07, 6.45) is 0. The number of methoxy groups -OCH3 is 1. The van der Waals surface area contributed by atoms with Crippen molar-refractivity contribution in [3.05, 3.63) is 39.9 Å². The van der Waals surface area contributed by atoms with Crippen molar-refractivity contribution in [2.45, 2.75) is 34.3 Å². The van der Waals surface area contributed by atoms with E-state index in [-0.39, 0.29) is 5.69 Å². The molecule has 0 aromatic heterocycles. The van der Waals surface area contributed by atoms with Crippen molar-refractivity contribution in [1.29, 1.82) is 0 Å². The van der Waals surface area contributed by atoms with E-state index in [4.69, 9.17) is 4.74 Å². The molecule has 0 bridgehead atoms. The maximum Gasteiger partial charge on any atom is 0.269 e. The van der Waals surface area contributed by atoms with Crippen LogP contribution in [0.1, 0.15) is 33.3 Å². The fourth-order valence-corrected chi connectivity index (χ4v) is 0.881. The van der Waals surface area contributed by atoms with Crippen LogP contribution in [-0.2, 0) is 11.3 Å². The van der Waals surface area contributed by atoms with E-state index in [1.54, 1.807) is 19.2 Å². The highest BCUT2D eigenvalue weighted by molar-refractivity contribution is 5.32. The van der Waals surface area contributed by atoms with Crippen molar-refractivity contribution >= 4 is 5.69 Å². The maximum absolute atomic E-state index is 10.2. The van der Waals surface area contributed by atoms with Crippen molar-refractivity contribution in [1.82, 2.24) is 0 Å². The Hall–Kier alpha value is -1.42. The van der Waals surface area contributed by atoms with Gasteiger partial charge >= 0.3 is 0 Å². The zero-order valence-corrected chi connectivity index (χ0v) is 10.7. The Bertz CT molecular complexity index is 270. The van der Waals surface area contributed by atoms with Gasteiger partial charge in [-0.2, -0.15) is 0 Å². The van der Waals surface area contributed by atoms with Crippen molar-refractivity contribution in [2.24, 2.45) is 0 Å². The van der Waals surface area contributed by atoms with Gasteiger partial charge in [-0.15, -0.1) is 0 Å². The number of non-ortho nitro benzene ring substituents is 1. The minimum absolute atomic E-state index is 0.106. The van der Waals surface area contributed by atoms with Gasteiger partial charge in [0.2, 0.25) is 0 Å². The molecule has 1 aromatic carbocycles. The molecule has 0 atom stereocenters. The van der Waals surface area contributed by atoms with E-state index in [0.29, 0.717) is 6.61 Å². The van der Waals surface area contributed by atoms with Crippen molar-refractivity contribution in [3.63, 3.8) is 0 Å². The predicted molar refractivity (Wildman–Crippen MR) is 66.5 cm³/mol. The standard InChI is InChI=1S/C8H9NO3.2C2H6/c1-12-6-7-2-4-8(5-3-7)9(10)11;2*1-2/h2-5H,6H2,1H3;2*1-2H3. The van der Waals surface area contributed by atoms with Crippen molar-refractivity contribution in [3.8, 4) is 0 Å². The predicted octanol–water partition coefficient (Wildman–Crippen LogP) is 3.79. The molecular weight excluding hydrogens is 206 g/mol. The topological polar surface area (TPSA) is 52.4 Å². The van der Waals surface area contributed by atoms with E-state index in [9.17, 15) is 10.1 Å². The minimum Gasteiger partial charge on any atom is -0.380 e. The molecular formula is C12H21NO3. The van der Waals surface area contributed by atoms with Crippen LogP contribution < -0.4 is 0 Å². The van der Waals surface area contributed by atoms with Crippen LogP contribution in [0.3, 0.4) is 0 Å². The van der Waals surface area contributed by atoms with E-state index >= 15 is 0 Å². The highest BCUT2D eigenvalue weighted by Crippen LogP contribution is 2.11. The molecule has 1 rings (SSSR count). The molecule has 1 aromatic rings. The van der Waals surface area contributed by atoms with E-state index < -0.39 is 4.92 Å². The molecule has 0 fully saturated rings. The van der Waals surface area contributed by atoms with Crippen molar-refractivity contribution < 1.29 is 9.66 Å². The number of benzene rings is 1. The van der Waals surface area contributed by atoms with Gasteiger partial charge in [0, 0.05) is 19.2 Å². The molecule has 0 spiro atoms. The van der Waals surface area contributed by atoms with Gasteiger partial charge in [0.05, 0.1) is 11.5 Å². The lowest BCUT2D eigenvalue weighted by Crippen LogP contribution is -1.90. The zero-order valence-electron chi connectivity index (χ0n) is 10.7. The highest BCUT2D eigenvalue weighted by atomic mass is 16.6. The Labute approximate surface area is 97.4 Å². The SMILES string of the molecule is CC.CC.COCc1ccc([N+](=O)[O-])cc1. The first kappa shape index (κ1) is 17.0. The molecule has 0 radical (unpaired) electrons. The van der Waals surface area contributed by atoms with Gasteiger partial charge in [0.15, 0.2) is 0 Å². The maximum atomic E-state index is 10.2. The molecule has 0 heterocycles. The lowest BCUT2D eigenvalue weighted by molar-refractivity contribution is -0.384. The van der Waals surface area contributed by atoms with Crippen LogP contribution in [0.25, 0.3) is 0 Å². The number of nitrogens with zero attached hydrogens (tertiary/aromatic N) is 1. The van der Waals surface area contributed by atoms with Gasteiger partial charge in [-0.1, -0.05) is 27.7 Å². The molecule has 0 aliphatic heterocycles. The smallest absolute Gasteiger partial charge is 0.269 e. The van der Waals surface area contributed by atoms with Crippen LogP contribution in [0, 0.1) is 10.1 Å². The second kappa shape index (κ2) is 11.7. The quantitative estimate of drug-likeness (QED) is 0.583. The molecule has 4 nitrogen and oxygen atoms in total. The van der Waals surface area contributed by atoms with Crippen LogP contribution in [0.15, 0.2) is 24.3 Å². The highest BCUT2D eigenvalue weighted by Gasteiger charge is 2.02. The van der Waals surface area contributed by atoms with E-state index in [1.165, 1.54) is 12.1 Å². The molecule has 0 N–H and O–H groups in total. The van der Waals surface area contributed by atoms with Crippen LogP contribution in [0.4, 0.5) is 5.69 Å². The van der Waals surface area contributed by atoms with E-state index in [0.717, 1.165) is 5.56 Å². The number of ether oxygens (including phenoxy) is 1. The summed E-state index contributed by atoms with van der Waals surface area (Å²) in [7, 11) is 1.58. The second-order valence-electron chi connectivity index (χ2n) is 2.36. The lowest BCUT2D eigenvalue weighted by atomic mass is 10.2. The molecule has 0 saturated heterocycles. The zero-order chi connectivity index (χ0) is 13.0. The average molecular weight is 227 g/mol. The van der Waals surface area contributed by atoms with Crippen LogP contribution in [0.5, 0.6) is 0 Å². The molecule has 0 saturated carbocycles. The summed E-state index contributed by atoms with van der Waals surface area (Å²) in [5.41, 5.74) is 1.04. The Morgan fingerprint density at radius 3 is 1.88 bits per heavy atom. The van der Waals surface area contributed by atoms with Gasteiger partial charge in [-0.25, -0.2) is 0 Å². The largest absolute Gasteiger partial charge is 0.380 e. The minimum atomic E-state index is -0.420. The summed E-state index contributed by atoms with van der Waals surface area (Å²) in [5, 5.41) is 10.2. The normalized spacial score (nSPS) is 8.06. The summed E-state index contributed by atoms with van der Waals surface area (Å²) < 4.78 is 4.86. The third-order valence-corrected chi connectivity index (χ3v) is 1.46. The summed E-state index contributed by atoms with van der Waals surface area (Å²) in [5.74, 6) is 0. The first-order valence-electron chi connectivity index (χ1n) is 5.46. The first-order chi connectivity index (χ1) is 7.74. The number of rotatable bonds is 3. The summed E-state index contributed by atoms with van der Waals surface area (Å²) in [6, 6.07) is 6.30. The fourth-order valence-electron chi connectivity index (χ4n) is 0.881. The number of hydrogen-bond acceptors (Lipinski definition) is 3. The molecule has 0 unspecified atom stereocenters. The number of hydrogen-bond donors (Lipinski definition) is 0. The van der Waals surface area contributed by atoms with E-state index in [2.05, 4.69) is 0 Å². The monoisotopic (exact) mass is 227 g/mol. The summed E-state index contributed by atoms with van der Waals surface area (Å²) in [6.45, 7) is 8.48. The van der Waals surface area contributed by atoms with Gasteiger partial charge < -0.3 is 4.74 Å².